The molecule has 0 amide bonds. The molecule has 9 atom stereocenters. The van der Waals surface area contributed by atoms with Crippen molar-refractivity contribution < 1.29 is 4.79 Å². The first-order valence-corrected chi connectivity index (χ1v) is 12.8. The van der Waals surface area contributed by atoms with Gasteiger partial charge in [-0.15, -0.1) is 0 Å². The van der Waals surface area contributed by atoms with Crippen LogP contribution in [0.15, 0.2) is 0 Å². The molecule has 0 aromatic carbocycles. The average molecular weight is 390 g/mol. The van der Waals surface area contributed by atoms with Gasteiger partial charge in [-0.25, -0.2) is 0 Å². The second-order valence-corrected chi connectivity index (χ2v) is 12.9. The van der Waals surface area contributed by atoms with E-state index in [9.17, 15) is 4.79 Å². The number of rotatable bonds is 2. The highest BCUT2D eigenvalue weighted by atomic mass is 32.2. The Balaban J connectivity index is 1.35. The van der Waals surface area contributed by atoms with E-state index < -0.39 is 0 Å². The molecule has 0 aromatic rings. The third-order valence-electron chi connectivity index (χ3n) is 10.1. The molecule has 3 unspecified atom stereocenters. The number of thioether (sulfide) groups is 1. The van der Waals surface area contributed by atoms with Gasteiger partial charge in [0.05, 0.1) is 0 Å². The van der Waals surface area contributed by atoms with Crippen LogP contribution in [0.1, 0.15) is 78.6 Å². The van der Waals surface area contributed by atoms with Crippen LogP contribution in [-0.2, 0) is 4.79 Å². The molecule has 0 radical (unpaired) electrons. The number of fused-ring (bicyclic) bond motifs is 5. The Kier molecular flexibility index (Phi) is 4.75. The van der Waals surface area contributed by atoms with E-state index in [0.29, 0.717) is 17.1 Å². The van der Waals surface area contributed by atoms with Gasteiger partial charge in [0.1, 0.15) is 5.78 Å². The Bertz CT molecular complexity index is 601. The SMILES string of the molecule is CC1C[C@@H]2[C@@H](CC[C@]3(C)C(=O)CC[C@@H]23)[C@@]2(C)CCC(S[C@H]3CCNC3)CC12. The summed E-state index contributed by atoms with van der Waals surface area (Å²) in [7, 11) is 0. The molecule has 1 heterocycles. The van der Waals surface area contributed by atoms with Crippen LogP contribution in [0, 0.1) is 40.4 Å². The number of hydrogen-bond donors (Lipinski definition) is 1. The Morgan fingerprint density at radius 1 is 0.963 bits per heavy atom. The van der Waals surface area contributed by atoms with Crippen molar-refractivity contribution in [3.63, 3.8) is 0 Å². The highest BCUT2D eigenvalue weighted by Gasteiger charge is 2.61. The number of ketones is 1. The van der Waals surface area contributed by atoms with E-state index in [1.165, 1.54) is 64.5 Å². The minimum absolute atomic E-state index is 0.0343. The molecule has 1 N–H and O–H groups in total. The lowest BCUT2D eigenvalue weighted by molar-refractivity contribution is -0.144. The van der Waals surface area contributed by atoms with E-state index >= 15 is 0 Å². The summed E-state index contributed by atoms with van der Waals surface area (Å²) in [6.45, 7) is 10.0. The first-order valence-electron chi connectivity index (χ1n) is 11.8. The summed E-state index contributed by atoms with van der Waals surface area (Å²) in [6.07, 6.45) is 11.7. The van der Waals surface area contributed by atoms with Crippen molar-refractivity contribution in [2.75, 3.05) is 13.1 Å². The minimum atomic E-state index is 0.0343. The van der Waals surface area contributed by atoms with Crippen LogP contribution in [0.4, 0.5) is 0 Å². The molecule has 2 nitrogen and oxygen atoms in total. The molecular weight excluding hydrogens is 350 g/mol. The third kappa shape index (κ3) is 2.88. The molecule has 27 heavy (non-hydrogen) atoms. The topological polar surface area (TPSA) is 29.1 Å². The van der Waals surface area contributed by atoms with Crippen LogP contribution in [0.25, 0.3) is 0 Å². The van der Waals surface area contributed by atoms with Gasteiger partial charge < -0.3 is 5.32 Å². The molecule has 0 bridgehead atoms. The van der Waals surface area contributed by atoms with Gasteiger partial charge >= 0.3 is 0 Å². The summed E-state index contributed by atoms with van der Waals surface area (Å²) in [5.74, 6) is 4.77. The molecule has 3 heteroatoms. The van der Waals surface area contributed by atoms with Gasteiger partial charge in [-0.2, -0.15) is 11.8 Å². The Morgan fingerprint density at radius 2 is 1.81 bits per heavy atom. The number of carbonyl (C=O) groups excluding carboxylic acids is 1. The van der Waals surface area contributed by atoms with Crippen molar-refractivity contribution >= 4 is 17.5 Å². The fourth-order valence-electron chi connectivity index (χ4n) is 8.61. The van der Waals surface area contributed by atoms with Gasteiger partial charge in [0.15, 0.2) is 0 Å². The van der Waals surface area contributed by atoms with Crippen LogP contribution >= 0.6 is 11.8 Å². The Morgan fingerprint density at radius 3 is 2.59 bits per heavy atom. The zero-order valence-corrected chi connectivity index (χ0v) is 18.5. The lowest BCUT2D eigenvalue weighted by Crippen LogP contribution is -2.56. The maximum Gasteiger partial charge on any atom is 0.139 e. The van der Waals surface area contributed by atoms with Crippen LogP contribution in [0.2, 0.25) is 0 Å². The van der Waals surface area contributed by atoms with Crippen molar-refractivity contribution in [2.24, 2.45) is 40.4 Å². The fourth-order valence-corrected chi connectivity index (χ4v) is 10.2. The van der Waals surface area contributed by atoms with Gasteiger partial charge in [-0.1, -0.05) is 20.8 Å². The predicted molar refractivity (Wildman–Crippen MR) is 114 cm³/mol. The van der Waals surface area contributed by atoms with E-state index in [0.717, 1.165) is 40.6 Å². The molecular formula is C24H39NOS. The molecule has 5 fully saturated rings. The normalized spacial score (nSPS) is 55.1. The second kappa shape index (κ2) is 6.76. The molecule has 5 aliphatic rings. The van der Waals surface area contributed by atoms with E-state index in [1.54, 1.807) is 0 Å². The molecule has 4 aliphatic carbocycles. The molecule has 0 spiro atoms. The standard InChI is InChI=1S/C24H39NOS/c1-15-12-18-19-4-5-22(26)24(19,3)10-7-20(18)23(2)9-6-16(13-21(15)23)27-17-8-11-25-14-17/h15-21,25H,4-14H2,1-3H3/t15?,16?,17-,18-,19-,20+,21?,23+,24-/m0/s1. The Labute approximate surface area is 170 Å². The summed E-state index contributed by atoms with van der Waals surface area (Å²) >= 11 is 2.32. The summed E-state index contributed by atoms with van der Waals surface area (Å²) < 4.78 is 0. The lowest BCUT2D eigenvalue weighted by atomic mass is 9.43. The molecule has 152 valence electrons. The average Bonchev–Trinajstić information content (AvgIpc) is 3.25. The number of nitrogens with one attached hydrogen (secondary N) is 1. The zero-order valence-electron chi connectivity index (χ0n) is 17.6. The van der Waals surface area contributed by atoms with E-state index in [2.05, 4.69) is 37.8 Å². The molecule has 1 aliphatic heterocycles. The monoisotopic (exact) mass is 389 g/mol. The van der Waals surface area contributed by atoms with Crippen LogP contribution in [0.5, 0.6) is 0 Å². The van der Waals surface area contributed by atoms with E-state index in [4.69, 9.17) is 0 Å². The summed E-state index contributed by atoms with van der Waals surface area (Å²) in [5, 5.41) is 5.32. The predicted octanol–water partition coefficient (Wildman–Crippen LogP) is 5.31. The molecule has 1 saturated heterocycles. The lowest BCUT2D eigenvalue weighted by Gasteiger charge is -2.62. The van der Waals surface area contributed by atoms with Crippen LogP contribution in [-0.4, -0.2) is 29.4 Å². The van der Waals surface area contributed by atoms with Crippen molar-refractivity contribution in [3.05, 3.63) is 0 Å². The molecule has 4 saturated carbocycles. The fraction of sp³-hybridized carbons (Fsp3) is 0.958. The van der Waals surface area contributed by atoms with E-state index in [-0.39, 0.29) is 5.41 Å². The quantitative estimate of drug-likeness (QED) is 0.694. The number of Topliss-reactive ketones (excluding diaryl/α,β-unsaturated/α-hetero) is 1. The van der Waals surface area contributed by atoms with Gasteiger partial charge in [0.2, 0.25) is 0 Å². The first-order chi connectivity index (χ1) is 12.9. The van der Waals surface area contributed by atoms with Gasteiger partial charge in [-0.05, 0) is 92.9 Å². The summed E-state index contributed by atoms with van der Waals surface area (Å²) in [4.78, 5) is 12.6. The number of carbonyl (C=O) groups is 1. The maximum atomic E-state index is 12.6. The summed E-state index contributed by atoms with van der Waals surface area (Å²) in [6, 6.07) is 0. The largest absolute Gasteiger partial charge is 0.316 e. The van der Waals surface area contributed by atoms with Crippen LogP contribution in [0.3, 0.4) is 0 Å². The smallest absolute Gasteiger partial charge is 0.139 e. The van der Waals surface area contributed by atoms with Crippen LogP contribution < -0.4 is 5.32 Å². The summed E-state index contributed by atoms with van der Waals surface area (Å²) in [5.41, 5.74) is 0.576. The zero-order chi connectivity index (χ0) is 18.8. The maximum absolute atomic E-state index is 12.6. The minimum Gasteiger partial charge on any atom is -0.316 e. The third-order valence-corrected chi connectivity index (χ3v) is 11.7. The molecule has 0 aromatic heterocycles. The number of hydrogen-bond acceptors (Lipinski definition) is 3. The van der Waals surface area contributed by atoms with E-state index in [1.807, 2.05) is 0 Å². The van der Waals surface area contributed by atoms with Crippen molar-refractivity contribution in [2.45, 2.75) is 89.1 Å². The van der Waals surface area contributed by atoms with Crippen molar-refractivity contribution in [1.29, 1.82) is 0 Å². The Hall–Kier alpha value is -0.0200. The molecule has 5 rings (SSSR count). The van der Waals surface area contributed by atoms with Crippen molar-refractivity contribution in [3.8, 4) is 0 Å². The van der Waals surface area contributed by atoms with Gasteiger partial charge in [0, 0.05) is 28.9 Å². The van der Waals surface area contributed by atoms with Crippen molar-refractivity contribution in [1.82, 2.24) is 5.32 Å². The second-order valence-electron chi connectivity index (χ2n) is 11.3. The van der Waals surface area contributed by atoms with Gasteiger partial charge in [0.25, 0.3) is 0 Å². The highest BCUT2D eigenvalue weighted by Crippen LogP contribution is 2.67. The first kappa shape index (κ1) is 19.0. The highest BCUT2D eigenvalue weighted by molar-refractivity contribution is 8.00. The van der Waals surface area contributed by atoms with Gasteiger partial charge in [-0.3, -0.25) is 4.79 Å².